The second kappa shape index (κ2) is 6.83. The monoisotopic (exact) mass is 293 g/mol. The van der Waals surface area contributed by atoms with Crippen molar-refractivity contribution in [3.8, 4) is 11.5 Å². The van der Waals surface area contributed by atoms with E-state index in [1.807, 2.05) is 0 Å². The molecule has 0 aromatic heterocycles. The summed E-state index contributed by atoms with van der Waals surface area (Å²) in [5, 5.41) is 2.81. The predicted molar refractivity (Wildman–Crippen MR) is 77.8 cm³/mol. The van der Waals surface area contributed by atoms with E-state index in [0.717, 1.165) is 6.41 Å². The number of methoxy groups -OCH3 is 2. The molecule has 114 valence electrons. The first-order chi connectivity index (χ1) is 10.2. The van der Waals surface area contributed by atoms with Crippen LogP contribution in [-0.4, -0.2) is 62.6 Å². The van der Waals surface area contributed by atoms with E-state index in [-0.39, 0.29) is 6.03 Å². The van der Waals surface area contributed by atoms with Gasteiger partial charge in [-0.3, -0.25) is 4.79 Å². The second-order valence-corrected chi connectivity index (χ2v) is 4.66. The van der Waals surface area contributed by atoms with Crippen LogP contribution in [-0.2, 0) is 4.79 Å². The molecule has 1 aromatic carbocycles. The average molecular weight is 293 g/mol. The molecule has 1 aromatic rings. The zero-order valence-corrected chi connectivity index (χ0v) is 12.2. The Morgan fingerprint density at radius 2 is 1.67 bits per heavy atom. The lowest BCUT2D eigenvalue weighted by Gasteiger charge is -2.32. The summed E-state index contributed by atoms with van der Waals surface area (Å²) in [6, 6.07) is 4.98. The standard InChI is InChI=1S/C14H19N3O4/c1-20-12-7-11(8-13(9-12)21-2)15-14(19)17-5-3-16(10-18)4-6-17/h7-10H,3-6H2,1-2H3,(H,15,19). The van der Waals surface area contributed by atoms with Gasteiger partial charge >= 0.3 is 6.03 Å². The summed E-state index contributed by atoms with van der Waals surface area (Å²) in [7, 11) is 3.11. The molecule has 0 aliphatic carbocycles. The van der Waals surface area contributed by atoms with Crippen molar-refractivity contribution < 1.29 is 19.1 Å². The van der Waals surface area contributed by atoms with Crippen molar-refractivity contribution in [3.05, 3.63) is 18.2 Å². The summed E-state index contributed by atoms with van der Waals surface area (Å²) in [5.41, 5.74) is 0.606. The van der Waals surface area contributed by atoms with Crippen molar-refractivity contribution in [2.24, 2.45) is 0 Å². The first-order valence-electron chi connectivity index (χ1n) is 6.64. The predicted octanol–water partition coefficient (Wildman–Crippen LogP) is 1.01. The highest BCUT2D eigenvalue weighted by molar-refractivity contribution is 5.90. The molecule has 0 spiro atoms. The summed E-state index contributed by atoms with van der Waals surface area (Å²) in [6.07, 6.45) is 0.808. The number of carbonyl (C=O) groups is 2. The molecular weight excluding hydrogens is 274 g/mol. The third kappa shape index (κ3) is 3.77. The lowest BCUT2D eigenvalue weighted by molar-refractivity contribution is -0.119. The molecule has 1 aliphatic rings. The minimum absolute atomic E-state index is 0.198. The van der Waals surface area contributed by atoms with Crippen molar-refractivity contribution in [2.75, 3.05) is 45.7 Å². The third-order valence-electron chi connectivity index (χ3n) is 3.35. The summed E-state index contributed by atoms with van der Waals surface area (Å²) in [6.45, 7) is 2.15. The Balaban J connectivity index is 2.01. The first kappa shape index (κ1) is 15.0. The minimum Gasteiger partial charge on any atom is -0.497 e. The number of benzene rings is 1. The Hall–Kier alpha value is -2.44. The van der Waals surface area contributed by atoms with Crippen LogP contribution < -0.4 is 14.8 Å². The first-order valence-corrected chi connectivity index (χ1v) is 6.64. The molecule has 21 heavy (non-hydrogen) atoms. The van der Waals surface area contributed by atoms with Crippen LogP contribution in [0, 0.1) is 0 Å². The molecule has 0 radical (unpaired) electrons. The Labute approximate surface area is 123 Å². The number of nitrogens with zero attached hydrogens (tertiary/aromatic N) is 2. The largest absolute Gasteiger partial charge is 0.497 e. The van der Waals surface area contributed by atoms with E-state index in [1.54, 1.807) is 42.2 Å². The third-order valence-corrected chi connectivity index (χ3v) is 3.35. The summed E-state index contributed by atoms with van der Waals surface area (Å²) < 4.78 is 10.3. The van der Waals surface area contributed by atoms with Gasteiger partial charge in [-0.25, -0.2) is 4.79 Å². The van der Waals surface area contributed by atoms with E-state index in [4.69, 9.17) is 9.47 Å². The van der Waals surface area contributed by atoms with Crippen LogP contribution in [0.5, 0.6) is 11.5 Å². The van der Waals surface area contributed by atoms with Crippen LogP contribution in [0.15, 0.2) is 18.2 Å². The van der Waals surface area contributed by atoms with Crippen molar-refractivity contribution >= 4 is 18.1 Å². The molecular formula is C14H19N3O4. The Bertz CT molecular complexity index is 491. The zero-order chi connectivity index (χ0) is 15.2. The van der Waals surface area contributed by atoms with Crippen LogP contribution >= 0.6 is 0 Å². The molecule has 7 heteroatoms. The van der Waals surface area contributed by atoms with Crippen molar-refractivity contribution in [2.45, 2.75) is 0 Å². The number of nitrogens with one attached hydrogen (secondary N) is 1. The topological polar surface area (TPSA) is 71.1 Å². The molecule has 1 aliphatic heterocycles. The van der Waals surface area contributed by atoms with Gasteiger partial charge in [-0.2, -0.15) is 0 Å². The van der Waals surface area contributed by atoms with E-state index >= 15 is 0 Å². The van der Waals surface area contributed by atoms with Gasteiger partial charge in [0.25, 0.3) is 0 Å². The number of anilines is 1. The SMILES string of the molecule is COc1cc(NC(=O)N2CCN(C=O)CC2)cc(OC)c1. The highest BCUT2D eigenvalue weighted by Gasteiger charge is 2.20. The molecule has 7 nitrogen and oxygen atoms in total. The molecule has 0 atom stereocenters. The number of urea groups is 1. The number of rotatable bonds is 4. The van der Waals surface area contributed by atoms with E-state index in [0.29, 0.717) is 43.4 Å². The summed E-state index contributed by atoms with van der Waals surface area (Å²) >= 11 is 0. The van der Waals surface area contributed by atoms with Gasteiger partial charge in [-0.05, 0) is 0 Å². The fourth-order valence-corrected chi connectivity index (χ4v) is 2.11. The maximum atomic E-state index is 12.2. The molecule has 0 unspecified atom stereocenters. The van der Waals surface area contributed by atoms with E-state index in [9.17, 15) is 9.59 Å². The molecule has 1 heterocycles. The number of piperazine rings is 1. The molecule has 3 amide bonds. The van der Waals surface area contributed by atoms with Crippen LogP contribution in [0.25, 0.3) is 0 Å². The quantitative estimate of drug-likeness (QED) is 0.841. The maximum Gasteiger partial charge on any atom is 0.321 e. The van der Waals surface area contributed by atoms with Gasteiger partial charge in [0, 0.05) is 50.1 Å². The maximum absolute atomic E-state index is 12.2. The van der Waals surface area contributed by atoms with E-state index < -0.39 is 0 Å². The Morgan fingerprint density at radius 3 is 2.14 bits per heavy atom. The average Bonchev–Trinajstić information content (AvgIpc) is 2.54. The molecule has 1 fully saturated rings. The van der Waals surface area contributed by atoms with Gasteiger partial charge in [0.1, 0.15) is 11.5 Å². The number of carbonyl (C=O) groups excluding carboxylic acids is 2. The summed E-state index contributed by atoms with van der Waals surface area (Å²) in [5.74, 6) is 1.21. The van der Waals surface area contributed by atoms with Crippen LogP contribution in [0.1, 0.15) is 0 Å². The lowest BCUT2D eigenvalue weighted by atomic mass is 10.2. The van der Waals surface area contributed by atoms with Crippen molar-refractivity contribution in [1.82, 2.24) is 9.80 Å². The Kier molecular flexibility index (Phi) is 4.86. The van der Waals surface area contributed by atoms with Gasteiger partial charge in [-0.15, -0.1) is 0 Å². The fourth-order valence-electron chi connectivity index (χ4n) is 2.11. The minimum atomic E-state index is -0.198. The number of hydrogen-bond acceptors (Lipinski definition) is 4. The second-order valence-electron chi connectivity index (χ2n) is 4.66. The highest BCUT2D eigenvalue weighted by atomic mass is 16.5. The van der Waals surface area contributed by atoms with Crippen LogP contribution in [0.3, 0.4) is 0 Å². The van der Waals surface area contributed by atoms with Gasteiger partial charge in [0.05, 0.1) is 14.2 Å². The van der Waals surface area contributed by atoms with Crippen LogP contribution in [0.4, 0.5) is 10.5 Å². The van der Waals surface area contributed by atoms with E-state index in [1.165, 1.54) is 0 Å². The molecule has 0 saturated carbocycles. The lowest BCUT2D eigenvalue weighted by Crippen LogP contribution is -2.49. The molecule has 2 rings (SSSR count). The van der Waals surface area contributed by atoms with Gasteiger partial charge < -0.3 is 24.6 Å². The molecule has 1 N–H and O–H groups in total. The van der Waals surface area contributed by atoms with Gasteiger partial charge in [-0.1, -0.05) is 0 Å². The number of ether oxygens (including phenoxy) is 2. The summed E-state index contributed by atoms with van der Waals surface area (Å²) in [4.78, 5) is 26.2. The highest BCUT2D eigenvalue weighted by Crippen LogP contribution is 2.26. The van der Waals surface area contributed by atoms with E-state index in [2.05, 4.69) is 5.32 Å². The fraction of sp³-hybridized carbons (Fsp3) is 0.429. The zero-order valence-electron chi connectivity index (χ0n) is 12.2. The molecule has 1 saturated heterocycles. The Morgan fingerprint density at radius 1 is 1.10 bits per heavy atom. The normalized spacial score (nSPS) is 14.6. The van der Waals surface area contributed by atoms with Crippen molar-refractivity contribution in [1.29, 1.82) is 0 Å². The molecule has 0 bridgehead atoms. The van der Waals surface area contributed by atoms with Gasteiger partial charge in [0.15, 0.2) is 0 Å². The van der Waals surface area contributed by atoms with Crippen molar-refractivity contribution in [3.63, 3.8) is 0 Å². The van der Waals surface area contributed by atoms with Crippen LogP contribution in [0.2, 0.25) is 0 Å². The number of amides is 3. The van der Waals surface area contributed by atoms with Gasteiger partial charge in [0.2, 0.25) is 6.41 Å². The smallest absolute Gasteiger partial charge is 0.321 e. The number of hydrogen-bond donors (Lipinski definition) is 1.